The number of rotatable bonds is 5. The standard InChI is InChI=1S/C20H22N2O4/c1-15(23)26-14-17-4-2-3-5-20(17)16-10-12-21(13-11-16)18-6-8-19(9-7-18)22(24)25/h2-9,16H,10-14H2,1H3. The van der Waals surface area contributed by atoms with Crippen LogP contribution in [0, 0.1) is 10.1 Å². The molecule has 0 N–H and O–H groups in total. The van der Waals surface area contributed by atoms with E-state index in [0.29, 0.717) is 12.5 Å². The zero-order valence-electron chi connectivity index (χ0n) is 14.8. The summed E-state index contributed by atoms with van der Waals surface area (Å²) in [5.74, 6) is 0.156. The number of hydrogen-bond donors (Lipinski definition) is 0. The Kier molecular flexibility index (Phi) is 5.51. The number of carbonyl (C=O) groups is 1. The van der Waals surface area contributed by atoms with Crippen LogP contribution in [0.5, 0.6) is 0 Å². The van der Waals surface area contributed by atoms with Gasteiger partial charge in [-0.25, -0.2) is 0 Å². The van der Waals surface area contributed by atoms with Crippen molar-refractivity contribution < 1.29 is 14.5 Å². The van der Waals surface area contributed by atoms with E-state index in [1.807, 2.05) is 30.3 Å². The minimum Gasteiger partial charge on any atom is -0.461 e. The van der Waals surface area contributed by atoms with Crippen molar-refractivity contribution in [3.63, 3.8) is 0 Å². The van der Waals surface area contributed by atoms with Gasteiger partial charge in [0.25, 0.3) is 5.69 Å². The second-order valence-electron chi connectivity index (χ2n) is 6.51. The SMILES string of the molecule is CC(=O)OCc1ccccc1C1CCN(c2ccc([N+](=O)[O-])cc2)CC1. The number of benzene rings is 2. The molecule has 0 spiro atoms. The predicted molar refractivity (Wildman–Crippen MR) is 99.2 cm³/mol. The molecule has 1 saturated heterocycles. The van der Waals surface area contributed by atoms with Gasteiger partial charge in [-0.05, 0) is 42.0 Å². The third-order valence-electron chi connectivity index (χ3n) is 4.85. The van der Waals surface area contributed by atoms with Crippen LogP contribution in [0.25, 0.3) is 0 Å². The van der Waals surface area contributed by atoms with Gasteiger partial charge >= 0.3 is 5.97 Å². The van der Waals surface area contributed by atoms with Gasteiger partial charge in [-0.3, -0.25) is 14.9 Å². The van der Waals surface area contributed by atoms with Gasteiger partial charge in [-0.15, -0.1) is 0 Å². The Bertz CT molecular complexity index is 781. The smallest absolute Gasteiger partial charge is 0.302 e. The lowest BCUT2D eigenvalue weighted by Crippen LogP contribution is -2.33. The Hall–Kier alpha value is -2.89. The number of nitrogens with zero attached hydrogens (tertiary/aromatic N) is 2. The van der Waals surface area contributed by atoms with Gasteiger partial charge < -0.3 is 9.64 Å². The lowest BCUT2D eigenvalue weighted by Gasteiger charge is -2.34. The van der Waals surface area contributed by atoms with Crippen LogP contribution in [0.2, 0.25) is 0 Å². The summed E-state index contributed by atoms with van der Waals surface area (Å²) >= 11 is 0. The van der Waals surface area contributed by atoms with Crippen molar-refractivity contribution in [2.75, 3.05) is 18.0 Å². The van der Waals surface area contributed by atoms with Gasteiger partial charge in [-0.2, -0.15) is 0 Å². The number of carbonyl (C=O) groups excluding carboxylic acids is 1. The number of ether oxygens (including phenoxy) is 1. The van der Waals surface area contributed by atoms with E-state index in [1.165, 1.54) is 12.5 Å². The van der Waals surface area contributed by atoms with Crippen molar-refractivity contribution in [2.45, 2.75) is 32.3 Å². The lowest BCUT2D eigenvalue weighted by atomic mass is 9.86. The van der Waals surface area contributed by atoms with E-state index in [1.54, 1.807) is 12.1 Å². The van der Waals surface area contributed by atoms with Gasteiger partial charge in [0.2, 0.25) is 0 Å². The Morgan fingerprint density at radius 1 is 1.15 bits per heavy atom. The molecule has 0 unspecified atom stereocenters. The maximum atomic E-state index is 11.1. The Morgan fingerprint density at radius 2 is 1.81 bits per heavy atom. The number of esters is 1. The monoisotopic (exact) mass is 354 g/mol. The number of nitro benzene ring substituents is 1. The van der Waals surface area contributed by atoms with Crippen molar-refractivity contribution in [2.24, 2.45) is 0 Å². The molecule has 2 aromatic carbocycles. The highest BCUT2D eigenvalue weighted by Gasteiger charge is 2.23. The molecule has 136 valence electrons. The second kappa shape index (κ2) is 7.99. The molecular weight excluding hydrogens is 332 g/mol. The number of nitro groups is 1. The molecule has 0 aromatic heterocycles. The number of anilines is 1. The molecule has 6 nitrogen and oxygen atoms in total. The molecular formula is C20H22N2O4. The average Bonchev–Trinajstić information content (AvgIpc) is 2.67. The normalized spacial score (nSPS) is 14.9. The van der Waals surface area contributed by atoms with Crippen molar-refractivity contribution in [3.8, 4) is 0 Å². The minimum atomic E-state index is -0.379. The van der Waals surface area contributed by atoms with E-state index in [-0.39, 0.29) is 16.6 Å². The molecule has 0 amide bonds. The van der Waals surface area contributed by atoms with Crippen molar-refractivity contribution >= 4 is 17.3 Å². The Morgan fingerprint density at radius 3 is 2.42 bits per heavy atom. The quantitative estimate of drug-likeness (QED) is 0.460. The van der Waals surface area contributed by atoms with Gasteiger partial charge in [0.05, 0.1) is 4.92 Å². The van der Waals surface area contributed by atoms with Crippen LogP contribution in [0.4, 0.5) is 11.4 Å². The number of non-ortho nitro benzene ring substituents is 1. The van der Waals surface area contributed by atoms with Crippen molar-refractivity contribution in [1.82, 2.24) is 0 Å². The number of piperidine rings is 1. The molecule has 1 fully saturated rings. The maximum Gasteiger partial charge on any atom is 0.302 e. The number of hydrogen-bond acceptors (Lipinski definition) is 5. The zero-order chi connectivity index (χ0) is 18.5. The van der Waals surface area contributed by atoms with Crippen LogP contribution in [-0.4, -0.2) is 24.0 Å². The second-order valence-corrected chi connectivity index (χ2v) is 6.51. The highest BCUT2D eigenvalue weighted by molar-refractivity contribution is 5.66. The Labute approximate surface area is 152 Å². The van der Waals surface area contributed by atoms with Gasteiger partial charge in [-0.1, -0.05) is 24.3 Å². The van der Waals surface area contributed by atoms with Crippen LogP contribution in [0.15, 0.2) is 48.5 Å². The molecule has 1 aliphatic rings. The van der Waals surface area contributed by atoms with E-state index in [9.17, 15) is 14.9 Å². The zero-order valence-corrected chi connectivity index (χ0v) is 14.8. The highest BCUT2D eigenvalue weighted by Crippen LogP contribution is 2.33. The summed E-state index contributed by atoms with van der Waals surface area (Å²) in [6.45, 7) is 3.52. The summed E-state index contributed by atoms with van der Waals surface area (Å²) in [5.41, 5.74) is 3.44. The summed E-state index contributed by atoms with van der Waals surface area (Å²) in [5, 5.41) is 10.8. The topological polar surface area (TPSA) is 72.7 Å². The average molecular weight is 354 g/mol. The summed E-state index contributed by atoms with van der Waals surface area (Å²) in [6.07, 6.45) is 1.99. The first-order chi connectivity index (χ1) is 12.5. The maximum absolute atomic E-state index is 11.1. The molecule has 0 aliphatic carbocycles. The summed E-state index contributed by atoms with van der Waals surface area (Å²) in [4.78, 5) is 23.8. The fourth-order valence-corrected chi connectivity index (χ4v) is 3.48. The molecule has 0 atom stereocenters. The molecule has 3 rings (SSSR count). The Balaban J connectivity index is 1.65. The van der Waals surface area contributed by atoms with Crippen LogP contribution < -0.4 is 4.90 Å². The lowest BCUT2D eigenvalue weighted by molar-refractivity contribution is -0.384. The molecule has 1 heterocycles. The predicted octanol–water partition coefficient (Wildman–Crippen LogP) is 4.04. The molecule has 0 saturated carbocycles. The van der Waals surface area contributed by atoms with Gasteiger partial charge in [0.1, 0.15) is 6.61 Å². The molecule has 26 heavy (non-hydrogen) atoms. The third-order valence-corrected chi connectivity index (χ3v) is 4.85. The molecule has 1 aliphatic heterocycles. The van der Waals surface area contributed by atoms with Crippen LogP contribution >= 0.6 is 0 Å². The van der Waals surface area contributed by atoms with Crippen LogP contribution in [0.3, 0.4) is 0 Å². The third kappa shape index (κ3) is 4.20. The molecule has 0 radical (unpaired) electrons. The fraction of sp³-hybridized carbons (Fsp3) is 0.350. The first-order valence-corrected chi connectivity index (χ1v) is 8.75. The highest BCUT2D eigenvalue weighted by atomic mass is 16.6. The van der Waals surface area contributed by atoms with E-state index in [0.717, 1.165) is 37.2 Å². The summed E-state index contributed by atoms with van der Waals surface area (Å²) in [6, 6.07) is 14.8. The van der Waals surface area contributed by atoms with Crippen LogP contribution in [0.1, 0.15) is 36.8 Å². The van der Waals surface area contributed by atoms with E-state index in [4.69, 9.17) is 4.74 Å². The van der Waals surface area contributed by atoms with Crippen molar-refractivity contribution in [3.05, 3.63) is 69.8 Å². The van der Waals surface area contributed by atoms with Gasteiger partial charge in [0, 0.05) is 37.8 Å². The molecule has 0 bridgehead atoms. The summed E-state index contributed by atoms with van der Waals surface area (Å²) < 4.78 is 5.18. The summed E-state index contributed by atoms with van der Waals surface area (Å²) in [7, 11) is 0. The van der Waals surface area contributed by atoms with E-state index >= 15 is 0 Å². The van der Waals surface area contributed by atoms with Crippen LogP contribution in [-0.2, 0) is 16.1 Å². The van der Waals surface area contributed by atoms with E-state index < -0.39 is 0 Å². The fourth-order valence-electron chi connectivity index (χ4n) is 3.48. The first kappa shape index (κ1) is 17.9. The largest absolute Gasteiger partial charge is 0.461 e. The molecule has 2 aromatic rings. The van der Waals surface area contributed by atoms with E-state index in [2.05, 4.69) is 11.0 Å². The first-order valence-electron chi connectivity index (χ1n) is 8.75. The van der Waals surface area contributed by atoms with Gasteiger partial charge in [0.15, 0.2) is 0 Å². The minimum absolute atomic E-state index is 0.114. The molecule has 6 heteroatoms. The van der Waals surface area contributed by atoms with Crippen molar-refractivity contribution in [1.29, 1.82) is 0 Å².